The summed E-state index contributed by atoms with van der Waals surface area (Å²) < 4.78 is 30.5. The summed E-state index contributed by atoms with van der Waals surface area (Å²) in [4.78, 5) is 5.63. The van der Waals surface area contributed by atoms with Crippen LogP contribution in [-0.2, 0) is 10.0 Å². The lowest BCUT2D eigenvalue weighted by atomic mass is 9.62. The maximum Gasteiger partial charge on any atom is 0.238 e. The molecule has 1 aliphatic carbocycles. The number of hydrogen-bond acceptors (Lipinski definition) is 4. The number of para-hydroxylation sites is 1. The van der Waals surface area contributed by atoms with Crippen molar-refractivity contribution in [2.24, 2.45) is 10.6 Å². The van der Waals surface area contributed by atoms with E-state index in [0.717, 1.165) is 42.4 Å². The first-order valence-corrected chi connectivity index (χ1v) is 11.0. The van der Waals surface area contributed by atoms with E-state index in [9.17, 15) is 8.42 Å². The van der Waals surface area contributed by atoms with Crippen LogP contribution in [0.4, 0.5) is 0 Å². The highest BCUT2D eigenvalue weighted by Gasteiger charge is 2.52. The molecule has 2 aromatic carbocycles. The third kappa shape index (κ3) is 2.90. The molecule has 5 rings (SSSR count). The number of nitrogens with zero attached hydrogens (tertiary/aromatic N) is 1. The molecule has 2 aliphatic rings. The number of ether oxygens (including phenoxy) is 1. The van der Waals surface area contributed by atoms with Crippen LogP contribution >= 0.6 is 0 Å². The van der Waals surface area contributed by atoms with E-state index in [-0.39, 0.29) is 11.0 Å². The Morgan fingerprint density at radius 2 is 1.93 bits per heavy atom. The van der Waals surface area contributed by atoms with Crippen LogP contribution in [0.1, 0.15) is 12.8 Å². The molecule has 2 heterocycles. The maximum atomic E-state index is 12.2. The van der Waals surface area contributed by atoms with Gasteiger partial charge in [-0.1, -0.05) is 18.2 Å². The van der Waals surface area contributed by atoms with Crippen LogP contribution in [0.25, 0.3) is 22.0 Å². The monoisotopic (exact) mass is 397 g/mol. The van der Waals surface area contributed by atoms with Gasteiger partial charge in [-0.2, -0.15) is 0 Å². The van der Waals surface area contributed by atoms with Crippen LogP contribution in [0, 0.1) is 5.41 Å². The molecule has 1 saturated carbocycles. The minimum atomic E-state index is -3.86. The topological polar surface area (TPSA) is 88.4 Å². The molecule has 0 unspecified atom stereocenters. The lowest BCUT2D eigenvalue weighted by molar-refractivity contribution is -0.109. The number of primary sulfonamides is 1. The highest BCUT2D eigenvalue weighted by atomic mass is 32.2. The van der Waals surface area contributed by atoms with Crippen molar-refractivity contribution in [3.63, 3.8) is 0 Å². The molecular formula is C21H23N3O3S. The van der Waals surface area contributed by atoms with Crippen LogP contribution in [0.15, 0.2) is 53.6 Å². The van der Waals surface area contributed by atoms with Gasteiger partial charge in [0.2, 0.25) is 10.0 Å². The van der Waals surface area contributed by atoms with Crippen LogP contribution in [0.2, 0.25) is 0 Å². The summed E-state index contributed by atoms with van der Waals surface area (Å²) in [5.41, 5.74) is 2.66. The van der Waals surface area contributed by atoms with Crippen LogP contribution in [0.3, 0.4) is 0 Å². The first-order valence-electron chi connectivity index (χ1n) is 9.42. The normalized spacial score (nSPS) is 19.5. The fourth-order valence-electron chi connectivity index (χ4n) is 4.89. The Bertz CT molecular complexity index is 1150. The molecule has 3 aromatic rings. The molecule has 6 nitrogen and oxygen atoms in total. The van der Waals surface area contributed by atoms with Gasteiger partial charge >= 0.3 is 0 Å². The Kier molecular flexibility index (Phi) is 3.84. The number of aromatic nitrogens is 1. The number of nitrogens with one attached hydrogen (secondary N) is 1. The van der Waals surface area contributed by atoms with Gasteiger partial charge < -0.3 is 14.6 Å². The zero-order valence-electron chi connectivity index (χ0n) is 15.7. The zero-order valence-corrected chi connectivity index (χ0v) is 16.5. The third-order valence-corrected chi connectivity index (χ3v) is 6.94. The van der Waals surface area contributed by atoms with Crippen molar-refractivity contribution >= 4 is 20.9 Å². The van der Waals surface area contributed by atoms with E-state index in [2.05, 4.69) is 16.9 Å². The average Bonchev–Trinajstić information content (AvgIpc) is 3.06. The molecular weight excluding hydrogens is 374 g/mol. The van der Waals surface area contributed by atoms with Crippen molar-refractivity contribution in [1.82, 2.24) is 9.88 Å². The minimum Gasteiger partial charge on any atom is -0.490 e. The summed E-state index contributed by atoms with van der Waals surface area (Å²) >= 11 is 0. The van der Waals surface area contributed by atoms with Crippen LogP contribution < -0.4 is 9.88 Å². The van der Waals surface area contributed by atoms with Crippen molar-refractivity contribution in [1.29, 1.82) is 0 Å². The number of sulfonamides is 1. The van der Waals surface area contributed by atoms with E-state index in [1.54, 1.807) is 18.2 Å². The standard InChI is InChI=1S/C21H23N3O3S/c1-24-12-21(13-24)10-16(11-21)27-15-5-6-19(28(22,25)26)18(9-15)17-4-2-3-14-7-8-23-20(14)17/h2-9,16,23H,10-13H2,1H3,(H2,22,25,26). The summed E-state index contributed by atoms with van der Waals surface area (Å²) in [7, 11) is -1.73. The highest BCUT2D eigenvalue weighted by Crippen LogP contribution is 2.49. The van der Waals surface area contributed by atoms with E-state index in [0.29, 0.717) is 16.7 Å². The second-order valence-corrected chi connectivity index (χ2v) is 9.80. The SMILES string of the molecule is CN1CC2(CC(Oc3ccc(S(N)(=O)=O)c(-c4cccc5cc[nH]c45)c3)C2)C1. The molecule has 0 atom stereocenters. The predicted molar refractivity (Wildman–Crippen MR) is 109 cm³/mol. The third-order valence-electron chi connectivity index (χ3n) is 5.97. The Morgan fingerprint density at radius 3 is 2.64 bits per heavy atom. The van der Waals surface area contributed by atoms with Gasteiger partial charge in [-0.05, 0) is 49.5 Å². The molecule has 0 amide bonds. The number of likely N-dealkylation sites (tertiary alicyclic amines) is 1. The van der Waals surface area contributed by atoms with Crippen molar-refractivity contribution in [3.05, 3.63) is 48.7 Å². The molecule has 1 aromatic heterocycles. The van der Waals surface area contributed by atoms with E-state index < -0.39 is 10.0 Å². The van der Waals surface area contributed by atoms with Crippen molar-refractivity contribution < 1.29 is 13.2 Å². The summed E-state index contributed by atoms with van der Waals surface area (Å²) in [6, 6.07) is 12.8. The van der Waals surface area contributed by atoms with E-state index >= 15 is 0 Å². The first kappa shape index (κ1) is 17.7. The van der Waals surface area contributed by atoms with E-state index in [4.69, 9.17) is 9.88 Å². The van der Waals surface area contributed by atoms with Gasteiger partial charge in [-0.25, -0.2) is 13.6 Å². The van der Waals surface area contributed by atoms with E-state index in [1.807, 2.05) is 30.5 Å². The van der Waals surface area contributed by atoms with Crippen LogP contribution in [0.5, 0.6) is 5.75 Å². The van der Waals surface area contributed by atoms with Crippen LogP contribution in [-0.4, -0.2) is 44.5 Å². The molecule has 1 saturated heterocycles. The molecule has 0 radical (unpaired) electrons. The number of benzene rings is 2. The molecule has 146 valence electrons. The summed E-state index contributed by atoms with van der Waals surface area (Å²) in [6.45, 7) is 2.27. The van der Waals surface area contributed by atoms with Gasteiger partial charge in [0.15, 0.2) is 0 Å². The van der Waals surface area contributed by atoms with E-state index in [1.165, 1.54) is 0 Å². The summed E-state index contributed by atoms with van der Waals surface area (Å²) in [6.07, 6.45) is 4.13. The lowest BCUT2D eigenvalue weighted by Crippen LogP contribution is -2.63. The molecule has 0 bridgehead atoms. The molecule has 1 spiro atoms. The molecule has 1 aliphatic heterocycles. The number of hydrogen-bond donors (Lipinski definition) is 2. The molecule has 7 heteroatoms. The van der Waals surface area contributed by atoms with Gasteiger partial charge in [0.1, 0.15) is 5.75 Å². The van der Waals surface area contributed by atoms with Crippen molar-refractivity contribution in [2.75, 3.05) is 20.1 Å². The molecule has 3 N–H and O–H groups in total. The van der Waals surface area contributed by atoms with Crippen molar-refractivity contribution in [2.45, 2.75) is 23.8 Å². The smallest absolute Gasteiger partial charge is 0.238 e. The Morgan fingerprint density at radius 1 is 1.14 bits per heavy atom. The quantitative estimate of drug-likeness (QED) is 0.708. The predicted octanol–water partition coefficient (Wildman–Crippen LogP) is 2.96. The molecule has 28 heavy (non-hydrogen) atoms. The Labute approximate surface area is 164 Å². The number of aromatic amines is 1. The zero-order chi connectivity index (χ0) is 19.5. The number of nitrogens with two attached hydrogens (primary N) is 1. The van der Waals surface area contributed by atoms with Gasteiger partial charge in [0, 0.05) is 35.8 Å². The van der Waals surface area contributed by atoms with Gasteiger partial charge in [-0.15, -0.1) is 0 Å². The second-order valence-electron chi connectivity index (χ2n) is 8.27. The number of fused-ring (bicyclic) bond motifs is 1. The highest BCUT2D eigenvalue weighted by molar-refractivity contribution is 7.89. The molecule has 2 fully saturated rings. The summed E-state index contributed by atoms with van der Waals surface area (Å²) in [5, 5.41) is 6.51. The summed E-state index contributed by atoms with van der Waals surface area (Å²) in [5.74, 6) is 0.679. The number of H-pyrrole nitrogens is 1. The fraction of sp³-hybridized carbons (Fsp3) is 0.333. The Hall–Kier alpha value is -2.35. The number of rotatable bonds is 4. The minimum absolute atomic E-state index is 0.104. The largest absolute Gasteiger partial charge is 0.490 e. The van der Waals surface area contributed by atoms with Gasteiger partial charge in [-0.3, -0.25) is 0 Å². The lowest BCUT2D eigenvalue weighted by Gasteiger charge is -2.57. The first-order chi connectivity index (χ1) is 13.3. The Balaban J connectivity index is 1.50. The van der Waals surface area contributed by atoms with Gasteiger partial charge in [0.25, 0.3) is 0 Å². The van der Waals surface area contributed by atoms with Gasteiger partial charge in [0.05, 0.1) is 16.5 Å². The fourth-order valence-corrected chi connectivity index (χ4v) is 5.62. The maximum absolute atomic E-state index is 12.2. The average molecular weight is 398 g/mol. The second kappa shape index (κ2) is 6.07. The van der Waals surface area contributed by atoms with Crippen molar-refractivity contribution in [3.8, 4) is 16.9 Å².